The largest absolute Gasteiger partial charge is 0.435 e. The maximum absolute atomic E-state index is 11.9. The topological polar surface area (TPSA) is 64.4 Å². The van der Waals surface area contributed by atoms with Gasteiger partial charge in [-0.05, 0) is 24.3 Å². The highest BCUT2D eigenvalue weighted by Crippen LogP contribution is 2.14. The molecule has 19 heavy (non-hydrogen) atoms. The first kappa shape index (κ1) is 13.0. The second-order valence-electron chi connectivity index (χ2n) is 3.58. The zero-order valence-corrected chi connectivity index (χ0v) is 9.68. The Hall–Kier alpha value is -2.44. The third kappa shape index (κ3) is 3.77. The van der Waals surface area contributed by atoms with Gasteiger partial charge in [0.15, 0.2) is 0 Å². The van der Waals surface area contributed by atoms with E-state index >= 15 is 0 Å². The van der Waals surface area contributed by atoms with Gasteiger partial charge in [-0.1, -0.05) is 5.16 Å². The van der Waals surface area contributed by atoms with Gasteiger partial charge < -0.3 is 14.6 Å². The average molecular weight is 268 g/mol. The summed E-state index contributed by atoms with van der Waals surface area (Å²) >= 11 is 0. The predicted molar refractivity (Wildman–Crippen MR) is 60.7 cm³/mol. The second-order valence-corrected chi connectivity index (χ2v) is 3.58. The molecule has 1 N–H and O–H groups in total. The molecular formula is C12H10F2N2O3. The molecule has 7 heteroatoms. The van der Waals surface area contributed by atoms with E-state index in [2.05, 4.69) is 19.7 Å². The Morgan fingerprint density at radius 2 is 2.05 bits per heavy atom. The fourth-order valence-corrected chi connectivity index (χ4v) is 1.39. The van der Waals surface area contributed by atoms with Crippen LogP contribution in [0.4, 0.5) is 8.78 Å². The molecule has 0 atom stereocenters. The number of ether oxygens (including phenoxy) is 1. The van der Waals surface area contributed by atoms with Gasteiger partial charge in [0.1, 0.15) is 17.7 Å². The highest BCUT2D eigenvalue weighted by Gasteiger charge is 2.08. The number of rotatable bonds is 5. The summed E-state index contributed by atoms with van der Waals surface area (Å²) in [6.45, 7) is -2.66. The molecule has 1 amide bonds. The average Bonchev–Trinajstić information content (AvgIpc) is 2.89. The Morgan fingerprint density at radius 1 is 1.32 bits per heavy atom. The monoisotopic (exact) mass is 268 g/mol. The van der Waals surface area contributed by atoms with Gasteiger partial charge in [-0.2, -0.15) is 8.78 Å². The zero-order valence-electron chi connectivity index (χ0n) is 9.68. The van der Waals surface area contributed by atoms with Crippen molar-refractivity contribution in [2.24, 2.45) is 0 Å². The number of benzene rings is 1. The fraction of sp³-hybridized carbons (Fsp3) is 0.167. The summed E-state index contributed by atoms with van der Waals surface area (Å²) in [5, 5.41) is 6.25. The molecule has 2 aromatic rings. The first-order valence-electron chi connectivity index (χ1n) is 5.37. The first-order chi connectivity index (χ1) is 9.15. The molecule has 0 aliphatic heterocycles. The Labute approximate surface area is 107 Å². The summed E-state index contributed by atoms with van der Waals surface area (Å²) in [6, 6.07) is 7.03. The number of aromatic nitrogens is 1. The molecule has 5 nitrogen and oxygen atoms in total. The van der Waals surface area contributed by atoms with Crippen LogP contribution in [-0.2, 0) is 6.54 Å². The van der Waals surface area contributed by atoms with Crippen LogP contribution in [0, 0.1) is 0 Å². The van der Waals surface area contributed by atoms with Crippen molar-refractivity contribution < 1.29 is 22.8 Å². The SMILES string of the molecule is O=C(NCc1ccon1)c1ccc(OC(F)F)cc1. The van der Waals surface area contributed by atoms with Crippen molar-refractivity contribution in [2.75, 3.05) is 0 Å². The summed E-state index contributed by atoms with van der Waals surface area (Å²) in [5.74, 6) is -0.338. The van der Waals surface area contributed by atoms with Gasteiger partial charge in [-0.15, -0.1) is 0 Å². The van der Waals surface area contributed by atoms with Crippen LogP contribution >= 0.6 is 0 Å². The van der Waals surface area contributed by atoms with Crippen LogP contribution in [0.25, 0.3) is 0 Å². The first-order valence-corrected chi connectivity index (χ1v) is 5.37. The maximum Gasteiger partial charge on any atom is 0.387 e. The summed E-state index contributed by atoms with van der Waals surface area (Å²) in [6.07, 6.45) is 1.40. The lowest BCUT2D eigenvalue weighted by molar-refractivity contribution is -0.0498. The molecule has 0 spiro atoms. The quantitative estimate of drug-likeness (QED) is 0.902. The molecule has 0 saturated heterocycles. The highest BCUT2D eigenvalue weighted by atomic mass is 19.3. The molecule has 0 radical (unpaired) electrons. The van der Waals surface area contributed by atoms with E-state index in [1.54, 1.807) is 6.07 Å². The molecule has 0 fully saturated rings. The predicted octanol–water partition coefficient (Wildman–Crippen LogP) is 2.21. The lowest BCUT2D eigenvalue weighted by Gasteiger charge is -2.06. The molecule has 0 aliphatic carbocycles. The van der Waals surface area contributed by atoms with Crippen molar-refractivity contribution in [3.63, 3.8) is 0 Å². The normalized spacial score (nSPS) is 10.5. The minimum absolute atomic E-state index is 0.00283. The van der Waals surface area contributed by atoms with Gasteiger partial charge in [0, 0.05) is 11.6 Å². The van der Waals surface area contributed by atoms with E-state index in [0.29, 0.717) is 11.3 Å². The number of nitrogens with zero attached hydrogens (tertiary/aromatic N) is 1. The molecule has 100 valence electrons. The third-order valence-corrected chi connectivity index (χ3v) is 2.26. The Bertz CT molecular complexity index is 526. The number of halogens is 2. The standard InChI is InChI=1S/C12H10F2N2O3/c13-12(14)19-10-3-1-8(2-4-10)11(17)15-7-9-5-6-18-16-9/h1-6,12H,7H2,(H,15,17). The highest BCUT2D eigenvalue weighted by molar-refractivity contribution is 5.94. The van der Waals surface area contributed by atoms with E-state index in [1.807, 2.05) is 0 Å². The van der Waals surface area contributed by atoms with Crippen molar-refractivity contribution >= 4 is 5.91 Å². The molecule has 1 heterocycles. The number of alkyl halides is 2. The van der Waals surface area contributed by atoms with E-state index in [0.717, 1.165) is 0 Å². The van der Waals surface area contributed by atoms with E-state index in [1.165, 1.54) is 30.5 Å². The Balaban J connectivity index is 1.92. The van der Waals surface area contributed by atoms with E-state index in [9.17, 15) is 13.6 Å². The lowest BCUT2D eigenvalue weighted by atomic mass is 10.2. The van der Waals surface area contributed by atoms with Crippen molar-refractivity contribution in [1.29, 1.82) is 0 Å². The van der Waals surface area contributed by atoms with E-state index < -0.39 is 6.61 Å². The molecule has 0 saturated carbocycles. The minimum atomic E-state index is -2.88. The van der Waals surface area contributed by atoms with Gasteiger partial charge >= 0.3 is 6.61 Å². The van der Waals surface area contributed by atoms with Gasteiger partial charge in [0.2, 0.25) is 0 Å². The summed E-state index contributed by atoms with van der Waals surface area (Å²) in [7, 11) is 0. The lowest BCUT2D eigenvalue weighted by Crippen LogP contribution is -2.22. The fourth-order valence-electron chi connectivity index (χ4n) is 1.39. The van der Waals surface area contributed by atoms with Crippen LogP contribution in [0.2, 0.25) is 0 Å². The van der Waals surface area contributed by atoms with Crippen LogP contribution in [0.1, 0.15) is 16.1 Å². The van der Waals surface area contributed by atoms with Crippen LogP contribution in [-0.4, -0.2) is 17.7 Å². The van der Waals surface area contributed by atoms with Gasteiger partial charge in [0.05, 0.1) is 6.54 Å². The maximum atomic E-state index is 11.9. The summed E-state index contributed by atoms with van der Waals surface area (Å²) in [4.78, 5) is 11.7. The number of hydrogen-bond donors (Lipinski definition) is 1. The Morgan fingerprint density at radius 3 is 2.63 bits per heavy atom. The van der Waals surface area contributed by atoms with Crippen LogP contribution < -0.4 is 10.1 Å². The molecular weight excluding hydrogens is 258 g/mol. The zero-order chi connectivity index (χ0) is 13.7. The smallest absolute Gasteiger partial charge is 0.387 e. The molecule has 2 rings (SSSR count). The Kier molecular flexibility index (Phi) is 4.07. The van der Waals surface area contributed by atoms with Crippen molar-refractivity contribution in [1.82, 2.24) is 10.5 Å². The molecule has 0 bridgehead atoms. The second kappa shape index (κ2) is 5.94. The number of carbonyl (C=O) groups is 1. The summed E-state index contributed by atoms with van der Waals surface area (Å²) < 4.78 is 32.7. The minimum Gasteiger partial charge on any atom is -0.435 e. The molecule has 1 aromatic heterocycles. The van der Waals surface area contributed by atoms with Crippen LogP contribution in [0.5, 0.6) is 5.75 Å². The van der Waals surface area contributed by atoms with Gasteiger partial charge in [-0.25, -0.2) is 0 Å². The molecule has 0 unspecified atom stereocenters. The van der Waals surface area contributed by atoms with Gasteiger partial charge in [-0.3, -0.25) is 4.79 Å². The number of nitrogens with one attached hydrogen (secondary N) is 1. The third-order valence-electron chi connectivity index (χ3n) is 2.26. The van der Waals surface area contributed by atoms with E-state index in [-0.39, 0.29) is 18.2 Å². The number of carbonyl (C=O) groups excluding carboxylic acids is 1. The van der Waals surface area contributed by atoms with Crippen molar-refractivity contribution in [3.8, 4) is 5.75 Å². The van der Waals surface area contributed by atoms with Crippen molar-refractivity contribution in [3.05, 3.63) is 47.9 Å². The van der Waals surface area contributed by atoms with E-state index in [4.69, 9.17) is 0 Å². The number of amides is 1. The van der Waals surface area contributed by atoms with Gasteiger partial charge in [0.25, 0.3) is 5.91 Å². The van der Waals surface area contributed by atoms with Crippen LogP contribution in [0.15, 0.2) is 41.1 Å². The summed E-state index contributed by atoms with van der Waals surface area (Å²) in [5.41, 5.74) is 0.927. The van der Waals surface area contributed by atoms with Crippen LogP contribution in [0.3, 0.4) is 0 Å². The van der Waals surface area contributed by atoms with Crippen molar-refractivity contribution in [2.45, 2.75) is 13.2 Å². The molecule has 1 aromatic carbocycles. The molecule has 0 aliphatic rings. The number of hydrogen-bond acceptors (Lipinski definition) is 4.